The molecule has 1 N–H and O–H groups in total. The molecule has 0 saturated carbocycles. The van der Waals surface area contributed by atoms with Crippen LogP contribution >= 0.6 is 11.3 Å². The highest BCUT2D eigenvalue weighted by atomic mass is 32.1. The second-order valence-corrected chi connectivity index (χ2v) is 5.98. The standard InChI is InChI=1S/C16H13N5O2S/c17-6-7-18-13(22)8-14-20-21-15(23-14)9-16-19-10-12(24-16)11-4-2-1-3-5-11/h1-5,10H,7-9H2,(H,18,22). The van der Waals surface area contributed by atoms with Crippen molar-refractivity contribution in [1.29, 1.82) is 5.26 Å². The van der Waals surface area contributed by atoms with Gasteiger partial charge in [-0.3, -0.25) is 4.79 Å². The van der Waals surface area contributed by atoms with Crippen LogP contribution in [0.15, 0.2) is 40.9 Å². The van der Waals surface area contributed by atoms with Crippen molar-refractivity contribution in [3.8, 4) is 16.5 Å². The predicted molar refractivity (Wildman–Crippen MR) is 87.0 cm³/mol. The largest absolute Gasteiger partial charge is 0.424 e. The maximum Gasteiger partial charge on any atom is 0.230 e. The van der Waals surface area contributed by atoms with Crippen LogP contribution in [-0.4, -0.2) is 27.6 Å². The van der Waals surface area contributed by atoms with Gasteiger partial charge in [-0.1, -0.05) is 30.3 Å². The Balaban J connectivity index is 1.62. The van der Waals surface area contributed by atoms with Crippen molar-refractivity contribution in [2.45, 2.75) is 12.8 Å². The van der Waals surface area contributed by atoms with Gasteiger partial charge in [-0.15, -0.1) is 21.5 Å². The molecule has 7 nitrogen and oxygen atoms in total. The molecular weight excluding hydrogens is 326 g/mol. The molecular formula is C16H13N5O2S. The van der Waals surface area contributed by atoms with Crippen molar-refractivity contribution < 1.29 is 9.21 Å². The van der Waals surface area contributed by atoms with Crippen molar-refractivity contribution in [1.82, 2.24) is 20.5 Å². The van der Waals surface area contributed by atoms with Crippen molar-refractivity contribution in [2.24, 2.45) is 0 Å². The van der Waals surface area contributed by atoms with Crippen molar-refractivity contribution in [2.75, 3.05) is 6.54 Å². The summed E-state index contributed by atoms with van der Waals surface area (Å²) in [6.45, 7) is -0.0405. The third-order valence-corrected chi connectivity index (χ3v) is 4.15. The van der Waals surface area contributed by atoms with Gasteiger partial charge in [0.15, 0.2) is 0 Å². The molecule has 3 rings (SSSR count). The van der Waals surface area contributed by atoms with E-state index in [-0.39, 0.29) is 24.8 Å². The number of nitriles is 1. The molecule has 0 aliphatic carbocycles. The molecule has 0 bridgehead atoms. The van der Waals surface area contributed by atoms with Gasteiger partial charge in [0.05, 0.1) is 17.4 Å². The Labute approximate surface area is 142 Å². The Bertz CT molecular complexity index is 866. The number of benzene rings is 1. The first-order valence-electron chi connectivity index (χ1n) is 7.19. The third-order valence-electron chi connectivity index (χ3n) is 3.10. The van der Waals surface area contributed by atoms with Crippen LogP contribution in [0.4, 0.5) is 0 Å². The number of carbonyl (C=O) groups is 1. The average molecular weight is 339 g/mol. The monoisotopic (exact) mass is 339 g/mol. The van der Waals surface area contributed by atoms with Crippen molar-refractivity contribution in [3.05, 3.63) is 53.3 Å². The van der Waals surface area contributed by atoms with E-state index >= 15 is 0 Å². The molecule has 120 valence electrons. The molecule has 0 atom stereocenters. The zero-order valence-electron chi connectivity index (χ0n) is 12.6. The van der Waals surface area contributed by atoms with Crippen LogP contribution in [0.3, 0.4) is 0 Å². The lowest BCUT2D eigenvalue weighted by Crippen LogP contribution is -2.25. The number of nitrogens with one attached hydrogen (secondary N) is 1. The minimum Gasteiger partial charge on any atom is -0.424 e. The Morgan fingerprint density at radius 2 is 2.04 bits per heavy atom. The second-order valence-electron chi connectivity index (χ2n) is 4.86. The lowest BCUT2D eigenvalue weighted by atomic mass is 10.2. The Kier molecular flexibility index (Phi) is 4.93. The van der Waals surface area contributed by atoms with E-state index < -0.39 is 0 Å². The zero-order valence-corrected chi connectivity index (χ0v) is 13.4. The van der Waals surface area contributed by atoms with E-state index in [2.05, 4.69) is 20.5 Å². The highest BCUT2D eigenvalue weighted by molar-refractivity contribution is 7.15. The Morgan fingerprint density at radius 3 is 2.83 bits per heavy atom. The van der Waals surface area contributed by atoms with E-state index in [0.29, 0.717) is 12.3 Å². The minimum absolute atomic E-state index is 0.0399. The number of hydrogen-bond donors (Lipinski definition) is 1. The van der Waals surface area contributed by atoms with Gasteiger partial charge in [0.1, 0.15) is 18.0 Å². The molecule has 0 spiro atoms. The minimum atomic E-state index is -0.327. The molecule has 0 aliphatic rings. The molecule has 8 heteroatoms. The maximum atomic E-state index is 11.5. The topological polar surface area (TPSA) is 105 Å². The quantitative estimate of drug-likeness (QED) is 0.688. The van der Waals surface area contributed by atoms with Crippen LogP contribution in [0, 0.1) is 11.3 Å². The van der Waals surface area contributed by atoms with Gasteiger partial charge in [0.2, 0.25) is 17.7 Å². The highest BCUT2D eigenvalue weighted by Crippen LogP contribution is 2.26. The lowest BCUT2D eigenvalue weighted by molar-refractivity contribution is -0.120. The normalized spacial score (nSPS) is 10.3. The van der Waals surface area contributed by atoms with E-state index in [1.54, 1.807) is 11.3 Å². The summed E-state index contributed by atoms with van der Waals surface area (Å²) in [5.74, 6) is 0.305. The van der Waals surface area contributed by atoms with E-state index in [1.807, 2.05) is 42.6 Å². The summed E-state index contributed by atoms with van der Waals surface area (Å²) in [6, 6.07) is 11.8. The van der Waals surface area contributed by atoms with Crippen LogP contribution in [0.1, 0.15) is 16.8 Å². The fourth-order valence-corrected chi connectivity index (χ4v) is 2.94. The third kappa shape index (κ3) is 4.02. The van der Waals surface area contributed by atoms with E-state index in [1.165, 1.54) is 0 Å². The smallest absolute Gasteiger partial charge is 0.230 e. The summed E-state index contributed by atoms with van der Waals surface area (Å²) in [7, 11) is 0. The first-order chi connectivity index (χ1) is 11.7. The predicted octanol–water partition coefficient (Wildman–Crippen LogP) is 1.97. The van der Waals surface area contributed by atoms with E-state index in [0.717, 1.165) is 15.4 Å². The highest BCUT2D eigenvalue weighted by Gasteiger charge is 2.13. The van der Waals surface area contributed by atoms with Crippen LogP contribution in [0.2, 0.25) is 0 Å². The molecule has 0 unspecified atom stereocenters. The van der Waals surface area contributed by atoms with Gasteiger partial charge < -0.3 is 9.73 Å². The molecule has 1 aromatic carbocycles. The fraction of sp³-hybridized carbons (Fsp3) is 0.188. The Morgan fingerprint density at radius 1 is 1.25 bits per heavy atom. The van der Waals surface area contributed by atoms with Crippen LogP contribution in [-0.2, 0) is 17.6 Å². The van der Waals surface area contributed by atoms with Crippen molar-refractivity contribution >= 4 is 17.2 Å². The summed E-state index contributed by atoms with van der Waals surface area (Å²) in [5, 5.41) is 19.5. The summed E-state index contributed by atoms with van der Waals surface area (Å²) >= 11 is 1.56. The van der Waals surface area contributed by atoms with Crippen LogP contribution < -0.4 is 5.32 Å². The van der Waals surface area contributed by atoms with Gasteiger partial charge in [-0.25, -0.2) is 4.98 Å². The van der Waals surface area contributed by atoms with Gasteiger partial charge in [-0.2, -0.15) is 5.26 Å². The van der Waals surface area contributed by atoms with E-state index in [9.17, 15) is 4.79 Å². The van der Waals surface area contributed by atoms with Gasteiger partial charge in [0, 0.05) is 6.20 Å². The average Bonchev–Trinajstić information content (AvgIpc) is 3.24. The van der Waals surface area contributed by atoms with Gasteiger partial charge in [-0.05, 0) is 5.56 Å². The second kappa shape index (κ2) is 7.48. The maximum absolute atomic E-state index is 11.5. The molecule has 1 amide bonds. The van der Waals surface area contributed by atoms with Crippen molar-refractivity contribution in [3.63, 3.8) is 0 Å². The molecule has 3 aromatic rings. The molecule has 24 heavy (non-hydrogen) atoms. The summed E-state index contributed by atoms with van der Waals surface area (Å²) < 4.78 is 5.45. The molecule has 2 heterocycles. The lowest BCUT2D eigenvalue weighted by Gasteiger charge is -1.95. The van der Waals surface area contributed by atoms with Gasteiger partial charge >= 0.3 is 0 Å². The van der Waals surface area contributed by atoms with Crippen LogP contribution in [0.25, 0.3) is 10.4 Å². The molecule has 0 radical (unpaired) electrons. The molecule has 0 saturated heterocycles. The number of rotatable bonds is 6. The molecule has 2 aromatic heterocycles. The summed E-state index contributed by atoms with van der Waals surface area (Å²) in [5.41, 5.74) is 1.11. The summed E-state index contributed by atoms with van der Waals surface area (Å²) in [6.07, 6.45) is 2.20. The number of amides is 1. The SMILES string of the molecule is N#CCNC(=O)Cc1nnc(Cc2ncc(-c3ccccc3)s2)o1. The Hall–Kier alpha value is -3.05. The van der Waals surface area contributed by atoms with Gasteiger partial charge in [0.25, 0.3) is 0 Å². The number of thiazole rings is 1. The van der Waals surface area contributed by atoms with E-state index in [4.69, 9.17) is 9.68 Å². The number of aromatic nitrogens is 3. The number of hydrogen-bond acceptors (Lipinski definition) is 7. The number of carbonyl (C=O) groups excluding carboxylic acids is 1. The number of nitrogens with zero attached hydrogens (tertiary/aromatic N) is 4. The molecule has 0 fully saturated rings. The first-order valence-corrected chi connectivity index (χ1v) is 8.01. The molecule has 0 aliphatic heterocycles. The zero-order chi connectivity index (χ0) is 16.8. The first kappa shape index (κ1) is 15.8. The summed E-state index contributed by atoms with van der Waals surface area (Å²) in [4.78, 5) is 16.9. The fourth-order valence-electron chi connectivity index (χ4n) is 2.03. The van der Waals surface area contributed by atoms with Crippen LogP contribution in [0.5, 0.6) is 0 Å².